The molecule has 1 amide bonds. The van der Waals surface area contributed by atoms with Gasteiger partial charge in [-0.25, -0.2) is 0 Å². The van der Waals surface area contributed by atoms with E-state index in [0.717, 1.165) is 45.4 Å². The van der Waals surface area contributed by atoms with E-state index in [1.807, 2.05) is 24.5 Å². The maximum absolute atomic E-state index is 12.9. The third-order valence-electron chi connectivity index (χ3n) is 5.94. The molecule has 0 aliphatic carbocycles. The van der Waals surface area contributed by atoms with Crippen molar-refractivity contribution in [1.29, 1.82) is 0 Å². The molecule has 0 saturated carbocycles. The lowest BCUT2D eigenvalue weighted by atomic mass is 9.94. The highest BCUT2D eigenvalue weighted by atomic mass is 16.2. The molecule has 27 heavy (non-hydrogen) atoms. The first-order valence-corrected chi connectivity index (χ1v) is 10.2. The molecule has 4 nitrogen and oxygen atoms in total. The molecule has 4 heterocycles. The van der Waals surface area contributed by atoms with Crippen molar-refractivity contribution in [3.05, 3.63) is 66.0 Å². The quantitative estimate of drug-likeness (QED) is 0.788. The normalized spacial score (nSPS) is 22.6. The first-order chi connectivity index (χ1) is 13.3. The molecule has 3 aliphatic rings. The van der Waals surface area contributed by atoms with Gasteiger partial charge in [0.15, 0.2) is 0 Å². The molecule has 0 unspecified atom stereocenters. The second-order valence-corrected chi connectivity index (χ2v) is 8.04. The third-order valence-corrected chi connectivity index (χ3v) is 5.94. The van der Waals surface area contributed by atoms with Crippen molar-refractivity contribution in [3.8, 4) is 0 Å². The highest BCUT2D eigenvalue weighted by molar-refractivity contribution is 5.76. The smallest absolute Gasteiger partial charge is 0.222 e. The number of carbonyl (C=O) groups is 1. The first-order valence-electron chi connectivity index (χ1n) is 10.2. The molecule has 3 fully saturated rings. The second kappa shape index (κ2) is 8.66. The van der Waals surface area contributed by atoms with Crippen LogP contribution in [0.25, 0.3) is 0 Å². The Bertz CT molecular complexity index is 734. The zero-order valence-corrected chi connectivity index (χ0v) is 16.0. The number of fused-ring (bicyclic) bond motifs is 4. The van der Waals surface area contributed by atoms with Gasteiger partial charge in [-0.15, -0.1) is 0 Å². The molecular formula is C23H29N3O. The monoisotopic (exact) mass is 363 g/mol. The van der Waals surface area contributed by atoms with Crippen LogP contribution in [0.2, 0.25) is 0 Å². The van der Waals surface area contributed by atoms with E-state index < -0.39 is 0 Å². The number of benzene rings is 1. The molecule has 0 spiro atoms. The van der Waals surface area contributed by atoms with Crippen LogP contribution >= 0.6 is 0 Å². The predicted molar refractivity (Wildman–Crippen MR) is 107 cm³/mol. The second-order valence-electron chi connectivity index (χ2n) is 8.04. The minimum Gasteiger partial charge on any atom is -0.338 e. The van der Waals surface area contributed by atoms with Gasteiger partial charge in [0, 0.05) is 51.0 Å². The van der Waals surface area contributed by atoms with E-state index >= 15 is 0 Å². The average molecular weight is 364 g/mol. The summed E-state index contributed by atoms with van der Waals surface area (Å²) >= 11 is 0. The standard InChI is InChI=1S/C23H29N3O/c27-23(10-4-8-19-6-2-1-3-7-19)26-17-21-11-12-22(26)18-25(16-21)15-20-9-5-13-24-14-20/h1-3,5-7,9,13-14,21-22H,4,8,10-12,15-18H2/t21-,22+/m0/s1. The summed E-state index contributed by atoms with van der Waals surface area (Å²) in [5, 5.41) is 0. The third kappa shape index (κ3) is 4.75. The summed E-state index contributed by atoms with van der Waals surface area (Å²) in [5.74, 6) is 0.961. The number of pyridine rings is 1. The van der Waals surface area contributed by atoms with Crippen molar-refractivity contribution < 1.29 is 4.79 Å². The molecule has 3 aliphatic heterocycles. The lowest BCUT2D eigenvalue weighted by molar-refractivity contribution is -0.135. The van der Waals surface area contributed by atoms with Crippen LogP contribution in [0.1, 0.15) is 36.8 Å². The fourth-order valence-corrected chi connectivity index (χ4v) is 4.60. The Labute approximate surface area is 162 Å². The summed E-state index contributed by atoms with van der Waals surface area (Å²) in [6.07, 6.45) is 8.78. The number of hydrogen-bond acceptors (Lipinski definition) is 3. The summed E-state index contributed by atoms with van der Waals surface area (Å²) in [4.78, 5) is 21.9. The van der Waals surface area contributed by atoms with Crippen molar-refractivity contribution >= 4 is 5.91 Å². The summed E-state index contributed by atoms with van der Waals surface area (Å²) in [7, 11) is 0. The van der Waals surface area contributed by atoms with Crippen molar-refractivity contribution in [2.75, 3.05) is 19.6 Å². The van der Waals surface area contributed by atoms with Crippen LogP contribution in [0.3, 0.4) is 0 Å². The van der Waals surface area contributed by atoms with Crippen molar-refractivity contribution in [2.24, 2.45) is 5.92 Å². The van der Waals surface area contributed by atoms with E-state index in [4.69, 9.17) is 0 Å². The SMILES string of the molecule is O=C(CCCc1ccccc1)N1C[C@H]2CC[C@@H]1CN(Cc1cccnc1)C2. The number of rotatable bonds is 6. The molecule has 142 valence electrons. The van der Waals surface area contributed by atoms with Crippen LogP contribution in [-0.2, 0) is 17.8 Å². The van der Waals surface area contributed by atoms with E-state index in [9.17, 15) is 4.79 Å². The Morgan fingerprint density at radius 1 is 1.00 bits per heavy atom. The fraction of sp³-hybridized carbons (Fsp3) is 0.478. The zero-order valence-electron chi connectivity index (χ0n) is 16.0. The number of aromatic nitrogens is 1. The summed E-state index contributed by atoms with van der Waals surface area (Å²) in [5.41, 5.74) is 2.59. The van der Waals surface area contributed by atoms with Gasteiger partial charge in [-0.1, -0.05) is 36.4 Å². The maximum atomic E-state index is 12.9. The molecular weight excluding hydrogens is 334 g/mol. The minimum atomic E-state index is 0.351. The Hall–Kier alpha value is -2.20. The number of amides is 1. The topological polar surface area (TPSA) is 36.4 Å². The minimum absolute atomic E-state index is 0.351. The largest absolute Gasteiger partial charge is 0.338 e. The average Bonchev–Trinajstić information content (AvgIpc) is 3.00. The molecule has 1 aromatic heterocycles. The number of aryl methyl sites for hydroxylation is 1. The predicted octanol–water partition coefficient (Wildman–Crippen LogP) is 3.53. The van der Waals surface area contributed by atoms with E-state index in [0.29, 0.717) is 24.3 Å². The molecule has 0 N–H and O–H groups in total. The lowest BCUT2D eigenvalue weighted by Crippen LogP contribution is -2.47. The van der Waals surface area contributed by atoms with Gasteiger partial charge < -0.3 is 4.90 Å². The van der Waals surface area contributed by atoms with Crippen molar-refractivity contribution in [2.45, 2.75) is 44.7 Å². The van der Waals surface area contributed by atoms with Crippen LogP contribution in [0.5, 0.6) is 0 Å². The number of nitrogens with zero attached hydrogens (tertiary/aromatic N) is 3. The van der Waals surface area contributed by atoms with Crippen LogP contribution in [0.15, 0.2) is 54.9 Å². The van der Waals surface area contributed by atoms with Gasteiger partial charge in [0.2, 0.25) is 5.91 Å². The van der Waals surface area contributed by atoms with Gasteiger partial charge in [0.1, 0.15) is 0 Å². The molecule has 4 heteroatoms. The van der Waals surface area contributed by atoms with Crippen LogP contribution in [0.4, 0.5) is 0 Å². The maximum Gasteiger partial charge on any atom is 0.222 e. The van der Waals surface area contributed by atoms with Crippen molar-refractivity contribution in [1.82, 2.24) is 14.8 Å². The van der Waals surface area contributed by atoms with Gasteiger partial charge in [0.05, 0.1) is 0 Å². The van der Waals surface area contributed by atoms with Crippen molar-refractivity contribution in [3.63, 3.8) is 0 Å². The fourth-order valence-electron chi connectivity index (χ4n) is 4.60. The van der Waals surface area contributed by atoms with Crippen LogP contribution in [-0.4, -0.2) is 46.4 Å². The number of hydrogen-bond donors (Lipinski definition) is 0. The Balaban J connectivity index is 1.32. The summed E-state index contributed by atoms with van der Waals surface area (Å²) in [6.45, 7) is 3.98. The summed E-state index contributed by atoms with van der Waals surface area (Å²) < 4.78 is 0. The molecule has 3 saturated heterocycles. The molecule has 0 radical (unpaired) electrons. The van der Waals surface area contributed by atoms with Gasteiger partial charge >= 0.3 is 0 Å². The Morgan fingerprint density at radius 3 is 2.67 bits per heavy atom. The number of piperidine rings is 1. The highest BCUT2D eigenvalue weighted by Gasteiger charge is 2.36. The Morgan fingerprint density at radius 2 is 1.85 bits per heavy atom. The van der Waals surface area contributed by atoms with E-state index in [1.54, 1.807) is 0 Å². The molecule has 2 atom stereocenters. The van der Waals surface area contributed by atoms with Crippen LogP contribution in [0, 0.1) is 5.92 Å². The number of carbonyl (C=O) groups excluding carboxylic acids is 1. The molecule has 2 aromatic rings. The van der Waals surface area contributed by atoms with Gasteiger partial charge in [0.25, 0.3) is 0 Å². The first kappa shape index (κ1) is 18.2. The van der Waals surface area contributed by atoms with Gasteiger partial charge in [-0.3, -0.25) is 14.7 Å². The van der Waals surface area contributed by atoms with E-state index in [2.05, 4.69) is 45.1 Å². The highest BCUT2D eigenvalue weighted by Crippen LogP contribution is 2.29. The summed E-state index contributed by atoms with van der Waals surface area (Å²) in [6, 6.07) is 15.0. The molecule has 5 rings (SSSR count). The zero-order chi connectivity index (χ0) is 18.5. The van der Waals surface area contributed by atoms with Gasteiger partial charge in [-0.2, -0.15) is 0 Å². The van der Waals surface area contributed by atoms with E-state index in [1.165, 1.54) is 17.5 Å². The van der Waals surface area contributed by atoms with Crippen LogP contribution < -0.4 is 0 Å². The van der Waals surface area contributed by atoms with E-state index in [-0.39, 0.29) is 0 Å². The Kier molecular flexibility index (Phi) is 5.83. The molecule has 2 bridgehead atoms. The van der Waals surface area contributed by atoms with Gasteiger partial charge in [-0.05, 0) is 48.8 Å². The lowest BCUT2D eigenvalue weighted by Gasteiger charge is -2.36. The molecule has 1 aromatic carbocycles.